The second kappa shape index (κ2) is 18.6. The summed E-state index contributed by atoms with van der Waals surface area (Å²) < 4.78 is 13.4. The van der Waals surface area contributed by atoms with Gasteiger partial charge in [0.15, 0.2) is 5.15 Å². The maximum atomic E-state index is 13.5. The molecule has 1 atom stereocenters. The number of nitrogens with zero attached hydrogens (tertiary/aromatic N) is 6. The third-order valence-electron chi connectivity index (χ3n) is 8.87. The molecule has 0 saturated heterocycles. The molecule has 0 bridgehead atoms. The highest BCUT2D eigenvalue weighted by Crippen LogP contribution is 2.30. The highest BCUT2D eigenvalue weighted by Gasteiger charge is 2.27. The van der Waals surface area contributed by atoms with Crippen molar-refractivity contribution in [3.63, 3.8) is 0 Å². The maximum Gasteiger partial charge on any atom is 0.315 e. The van der Waals surface area contributed by atoms with E-state index in [0.29, 0.717) is 30.0 Å². The van der Waals surface area contributed by atoms with Crippen LogP contribution in [-0.4, -0.2) is 47.2 Å². The van der Waals surface area contributed by atoms with Crippen LogP contribution in [0, 0.1) is 16.0 Å². The third-order valence-corrected chi connectivity index (χ3v) is 9.17. The normalized spacial score (nSPS) is 11.5. The minimum absolute atomic E-state index is 0.154. The molecule has 0 aliphatic rings. The molecule has 0 radical (unpaired) electrons. The second-order valence-electron chi connectivity index (χ2n) is 12.8. The van der Waals surface area contributed by atoms with Gasteiger partial charge in [-0.15, -0.1) is 20.3 Å². The van der Waals surface area contributed by atoms with E-state index < -0.39 is 22.9 Å². The predicted molar refractivity (Wildman–Crippen MR) is 202 cm³/mol. The number of carbonyl (C=O) groups is 2. The van der Waals surface area contributed by atoms with Crippen LogP contribution in [0.2, 0.25) is 5.15 Å². The van der Waals surface area contributed by atoms with E-state index in [-0.39, 0.29) is 37.0 Å². The van der Waals surface area contributed by atoms with Gasteiger partial charge in [0.25, 0.3) is 5.09 Å². The average Bonchev–Trinajstić information content (AvgIpc) is 3.84. The Morgan fingerprint density at radius 1 is 0.909 bits per heavy atom. The average molecular weight is 764 g/mol. The lowest BCUT2D eigenvalue weighted by Gasteiger charge is -2.17. The van der Waals surface area contributed by atoms with E-state index in [0.717, 1.165) is 46.5 Å². The van der Waals surface area contributed by atoms with Gasteiger partial charge in [-0.1, -0.05) is 116 Å². The summed E-state index contributed by atoms with van der Waals surface area (Å²) in [6, 6.07) is 31.4. The van der Waals surface area contributed by atoms with E-state index in [2.05, 4.69) is 37.4 Å². The van der Waals surface area contributed by atoms with Gasteiger partial charge in [0.2, 0.25) is 5.82 Å². The number of aromatic nitrogens is 6. The molecule has 282 valence electrons. The molecule has 0 saturated carbocycles. The molecule has 0 fully saturated rings. The maximum absolute atomic E-state index is 13.5. The van der Waals surface area contributed by atoms with Crippen molar-refractivity contribution >= 4 is 23.5 Å². The Labute approximate surface area is 321 Å². The Balaban J connectivity index is 1.17. The number of aryl methyl sites for hydroxylation is 1. The molecule has 2 aromatic heterocycles. The van der Waals surface area contributed by atoms with Gasteiger partial charge in [-0.05, 0) is 58.0 Å². The zero-order valence-electron chi connectivity index (χ0n) is 30.0. The molecule has 4 aromatic carbocycles. The second-order valence-corrected chi connectivity index (χ2v) is 13.1. The Morgan fingerprint density at radius 2 is 1.65 bits per heavy atom. The number of hydrogen-bond donors (Lipinski definition) is 1. The van der Waals surface area contributed by atoms with Crippen LogP contribution >= 0.6 is 11.6 Å². The van der Waals surface area contributed by atoms with Gasteiger partial charge < -0.3 is 18.9 Å². The molecule has 0 spiro atoms. The molecule has 55 heavy (non-hydrogen) atoms. The summed E-state index contributed by atoms with van der Waals surface area (Å²) in [6.45, 7) is 2.08. The number of esters is 2. The Bertz CT molecular complexity index is 2210. The van der Waals surface area contributed by atoms with E-state index in [1.54, 1.807) is 18.2 Å². The molecule has 1 unspecified atom stereocenters. The van der Waals surface area contributed by atoms with Crippen LogP contribution in [-0.2, 0) is 51.8 Å². The molecule has 15 heteroatoms. The highest BCUT2D eigenvalue weighted by atomic mass is 35.5. The number of halogens is 1. The van der Waals surface area contributed by atoms with Crippen LogP contribution in [0.5, 0.6) is 5.75 Å². The summed E-state index contributed by atoms with van der Waals surface area (Å²) in [7, 11) is 0. The van der Waals surface area contributed by atoms with Gasteiger partial charge in [0, 0.05) is 18.5 Å². The standard InChI is InChI=1S/C40H38ClN7O7/c1-2-3-16-36-42-38(41)35(47(36)24-28-17-19-30(20-18-28)33-14-7-8-15-34(33)39-43-45-46-44-39)26-53-37(49)23-31(21-27-10-5-4-6-11-27)40(50)55-32-13-9-12-29(22-32)25-54-48(51)52/h4-15,17-20,22,31H,2-3,16,21,23-26H2,1H3,(H,43,44,45,46). The van der Waals surface area contributed by atoms with Crippen molar-refractivity contribution in [2.45, 2.75) is 58.8 Å². The van der Waals surface area contributed by atoms with E-state index in [4.69, 9.17) is 21.1 Å². The first-order chi connectivity index (χ1) is 26.8. The molecule has 2 heterocycles. The third kappa shape index (κ3) is 10.4. The smallest absolute Gasteiger partial charge is 0.315 e. The lowest BCUT2D eigenvalue weighted by atomic mass is 9.96. The number of ether oxygens (including phenoxy) is 2. The molecule has 14 nitrogen and oxygen atoms in total. The number of benzene rings is 4. The lowest BCUT2D eigenvalue weighted by Crippen LogP contribution is -2.26. The van der Waals surface area contributed by atoms with Crippen LogP contribution in [0.4, 0.5) is 0 Å². The molecule has 0 aliphatic heterocycles. The molecule has 6 rings (SSSR count). The summed E-state index contributed by atoms with van der Waals surface area (Å²) in [5.41, 5.74) is 5.59. The summed E-state index contributed by atoms with van der Waals surface area (Å²) >= 11 is 6.69. The number of imidazole rings is 1. The summed E-state index contributed by atoms with van der Waals surface area (Å²) in [6.07, 6.45) is 2.49. The number of H-pyrrole nitrogens is 1. The molecule has 0 amide bonds. The molecular weight excluding hydrogens is 726 g/mol. The SMILES string of the molecule is CCCCc1nc(Cl)c(COC(=O)CC(Cc2ccccc2)C(=O)Oc2cccc(CO[N+](=O)[O-])c2)n1Cc1ccc(-c2ccccc2-c2nn[nH]n2)cc1. The fourth-order valence-corrected chi connectivity index (χ4v) is 6.36. The lowest BCUT2D eigenvalue weighted by molar-refractivity contribution is -0.763. The minimum atomic E-state index is -0.898. The van der Waals surface area contributed by atoms with Crippen molar-refractivity contribution in [1.82, 2.24) is 30.2 Å². The Kier molecular flexibility index (Phi) is 12.9. The fraction of sp³-hybridized carbons (Fsp3) is 0.250. The van der Waals surface area contributed by atoms with Gasteiger partial charge in [-0.2, -0.15) is 5.21 Å². The fourth-order valence-electron chi connectivity index (χ4n) is 6.11. The first-order valence-corrected chi connectivity index (χ1v) is 18.1. The highest BCUT2D eigenvalue weighted by molar-refractivity contribution is 6.30. The zero-order valence-corrected chi connectivity index (χ0v) is 30.7. The van der Waals surface area contributed by atoms with Gasteiger partial charge >= 0.3 is 11.9 Å². The monoisotopic (exact) mass is 763 g/mol. The molecule has 1 N–H and O–H groups in total. The van der Waals surface area contributed by atoms with Crippen molar-refractivity contribution in [2.75, 3.05) is 0 Å². The topological polar surface area (TPSA) is 177 Å². The van der Waals surface area contributed by atoms with Crippen molar-refractivity contribution in [1.29, 1.82) is 0 Å². The van der Waals surface area contributed by atoms with E-state index in [1.165, 1.54) is 6.07 Å². The number of aromatic amines is 1. The minimum Gasteiger partial charge on any atom is -0.459 e. The number of nitrogens with one attached hydrogen (secondary N) is 1. The zero-order chi connectivity index (χ0) is 38.6. The first kappa shape index (κ1) is 38.3. The Morgan fingerprint density at radius 3 is 2.38 bits per heavy atom. The number of tetrazole rings is 1. The quantitative estimate of drug-likeness (QED) is 0.0400. The van der Waals surface area contributed by atoms with Crippen LogP contribution in [0.1, 0.15) is 54.4 Å². The van der Waals surface area contributed by atoms with Crippen LogP contribution < -0.4 is 4.74 Å². The number of hydrogen-bond acceptors (Lipinski definition) is 11. The molecule has 6 aromatic rings. The Hall–Kier alpha value is -6.41. The van der Waals surface area contributed by atoms with Gasteiger partial charge in [0.1, 0.15) is 24.8 Å². The summed E-state index contributed by atoms with van der Waals surface area (Å²) in [5.74, 6) is -0.710. The molecular formula is C40H38ClN7O7. The summed E-state index contributed by atoms with van der Waals surface area (Å²) in [4.78, 5) is 46.6. The van der Waals surface area contributed by atoms with Crippen LogP contribution in [0.15, 0.2) is 103 Å². The van der Waals surface area contributed by atoms with Gasteiger partial charge in [-0.25, -0.2) is 4.98 Å². The largest absolute Gasteiger partial charge is 0.459 e. The number of unbranched alkanes of at least 4 members (excludes halogenated alkanes) is 1. The van der Waals surface area contributed by atoms with E-state index in [9.17, 15) is 19.7 Å². The van der Waals surface area contributed by atoms with Gasteiger partial charge in [-0.3, -0.25) is 9.59 Å². The van der Waals surface area contributed by atoms with Crippen molar-refractivity contribution in [3.05, 3.63) is 147 Å². The first-order valence-electron chi connectivity index (χ1n) is 17.7. The van der Waals surface area contributed by atoms with Crippen molar-refractivity contribution < 1.29 is 29.0 Å². The predicted octanol–water partition coefficient (Wildman–Crippen LogP) is 7.38. The van der Waals surface area contributed by atoms with Crippen LogP contribution in [0.25, 0.3) is 22.5 Å². The number of rotatable bonds is 18. The van der Waals surface area contributed by atoms with E-state index >= 15 is 0 Å². The summed E-state index contributed by atoms with van der Waals surface area (Å²) in [5, 5.41) is 24.5. The van der Waals surface area contributed by atoms with E-state index in [1.807, 2.05) is 83.4 Å². The van der Waals surface area contributed by atoms with Crippen molar-refractivity contribution in [2.24, 2.45) is 5.92 Å². The van der Waals surface area contributed by atoms with Crippen molar-refractivity contribution in [3.8, 4) is 28.3 Å². The number of carbonyl (C=O) groups excluding carboxylic acids is 2. The molecule has 0 aliphatic carbocycles. The van der Waals surface area contributed by atoms with Crippen LogP contribution in [0.3, 0.4) is 0 Å². The van der Waals surface area contributed by atoms with Gasteiger partial charge in [0.05, 0.1) is 18.0 Å².